The van der Waals surface area contributed by atoms with Crippen LogP contribution in [0.4, 0.5) is 5.69 Å². The molecule has 4 N–H and O–H groups in total. The van der Waals surface area contributed by atoms with Crippen LogP contribution in [0, 0.1) is 0 Å². The van der Waals surface area contributed by atoms with Crippen LogP contribution in [-0.2, 0) is 10.0 Å². The lowest BCUT2D eigenvalue weighted by molar-refractivity contribution is 0.0696. The van der Waals surface area contributed by atoms with E-state index in [1.54, 1.807) is 0 Å². The summed E-state index contributed by atoms with van der Waals surface area (Å²) >= 11 is 0. The molecule has 0 amide bonds. The number of anilines is 1. The first-order valence-electron chi connectivity index (χ1n) is 5.42. The van der Waals surface area contributed by atoms with Crippen LogP contribution in [0.3, 0.4) is 0 Å². The Morgan fingerprint density at radius 1 is 1.50 bits per heavy atom. The van der Waals surface area contributed by atoms with Crippen molar-refractivity contribution in [3.05, 3.63) is 23.8 Å². The standard InChI is InChI=1S/C11H16N2O4S/c1-3-7(2)13-9-5-4-8(11(14)15)6-10(9)18(12,16)17/h4-7,13H,3H2,1-2H3,(H,14,15)(H2,12,16,17)/t7-/m1/s1. The summed E-state index contributed by atoms with van der Waals surface area (Å²) in [6.45, 7) is 3.83. The normalized spacial score (nSPS) is 13.1. The SMILES string of the molecule is CC[C@@H](C)Nc1ccc(C(=O)O)cc1S(N)(=O)=O. The minimum Gasteiger partial charge on any atom is -0.478 e. The average molecular weight is 272 g/mol. The van der Waals surface area contributed by atoms with Crippen molar-refractivity contribution in [1.82, 2.24) is 0 Å². The third-order valence-electron chi connectivity index (χ3n) is 2.55. The molecule has 0 unspecified atom stereocenters. The van der Waals surface area contributed by atoms with Crippen molar-refractivity contribution in [3.63, 3.8) is 0 Å². The number of rotatable bonds is 5. The molecule has 7 heteroatoms. The Morgan fingerprint density at radius 3 is 2.56 bits per heavy atom. The smallest absolute Gasteiger partial charge is 0.335 e. The fourth-order valence-electron chi connectivity index (χ4n) is 1.38. The van der Waals surface area contributed by atoms with Crippen molar-refractivity contribution in [3.8, 4) is 0 Å². The molecule has 0 heterocycles. The van der Waals surface area contributed by atoms with Crippen LogP contribution in [0.25, 0.3) is 0 Å². The molecule has 18 heavy (non-hydrogen) atoms. The summed E-state index contributed by atoms with van der Waals surface area (Å²) in [6, 6.07) is 3.86. The summed E-state index contributed by atoms with van der Waals surface area (Å²) in [5, 5.41) is 16.9. The molecule has 0 aliphatic rings. The van der Waals surface area contributed by atoms with Crippen LogP contribution in [0.15, 0.2) is 23.1 Å². The minimum atomic E-state index is -3.97. The Labute approximate surface area is 106 Å². The molecule has 100 valence electrons. The number of nitrogens with one attached hydrogen (secondary N) is 1. The highest BCUT2D eigenvalue weighted by Gasteiger charge is 2.17. The molecule has 1 atom stereocenters. The Bertz CT molecular complexity index is 554. The van der Waals surface area contributed by atoms with Gasteiger partial charge in [-0.05, 0) is 31.5 Å². The first-order chi connectivity index (χ1) is 8.25. The van der Waals surface area contributed by atoms with Gasteiger partial charge < -0.3 is 10.4 Å². The Kier molecular flexibility index (Phi) is 4.31. The van der Waals surface area contributed by atoms with E-state index in [1.165, 1.54) is 12.1 Å². The Balaban J connectivity index is 3.30. The largest absolute Gasteiger partial charge is 0.478 e. The van der Waals surface area contributed by atoms with E-state index in [-0.39, 0.29) is 16.5 Å². The molecule has 1 aromatic carbocycles. The number of hydrogen-bond donors (Lipinski definition) is 3. The van der Waals surface area contributed by atoms with Gasteiger partial charge in [-0.2, -0.15) is 0 Å². The molecule has 0 fully saturated rings. The third-order valence-corrected chi connectivity index (χ3v) is 3.50. The van der Waals surface area contributed by atoms with Gasteiger partial charge >= 0.3 is 5.97 Å². The number of aromatic carboxylic acids is 1. The summed E-state index contributed by atoms with van der Waals surface area (Å²) in [4.78, 5) is 10.6. The van der Waals surface area contributed by atoms with Gasteiger partial charge in [0.15, 0.2) is 0 Å². The monoisotopic (exact) mass is 272 g/mol. The predicted octanol–water partition coefficient (Wildman–Crippen LogP) is 1.24. The molecule has 0 radical (unpaired) electrons. The average Bonchev–Trinajstić information content (AvgIpc) is 2.27. The quantitative estimate of drug-likeness (QED) is 0.747. The number of primary sulfonamides is 1. The van der Waals surface area contributed by atoms with E-state index in [0.29, 0.717) is 5.69 Å². The van der Waals surface area contributed by atoms with Gasteiger partial charge in [-0.15, -0.1) is 0 Å². The van der Waals surface area contributed by atoms with Crippen molar-refractivity contribution in [2.24, 2.45) is 5.14 Å². The van der Waals surface area contributed by atoms with Gasteiger partial charge in [-0.25, -0.2) is 18.4 Å². The maximum atomic E-state index is 11.4. The highest BCUT2D eigenvalue weighted by molar-refractivity contribution is 7.89. The van der Waals surface area contributed by atoms with E-state index in [0.717, 1.165) is 12.5 Å². The minimum absolute atomic E-state index is 0.0566. The molecular weight excluding hydrogens is 256 g/mol. The molecule has 1 rings (SSSR count). The van der Waals surface area contributed by atoms with Crippen LogP contribution in [-0.4, -0.2) is 25.5 Å². The molecule has 6 nitrogen and oxygen atoms in total. The fraction of sp³-hybridized carbons (Fsp3) is 0.364. The van der Waals surface area contributed by atoms with Gasteiger partial charge in [-0.1, -0.05) is 6.92 Å². The van der Waals surface area contributed by atoms with Gasteiger partial charge in [0.1, 0.15) is 4.90 Å². The molecular formula is C11H16N2O4S. The van der Waals surface area contributed by atoms with Crippen LogP contribution in [0.1, 0.15) is 30.6 Å². The van der Waals surface area contributed by atoms with Gasteiger partial charge in [0, 0.05) is 6.04 Å². The summed E-state index contributed by atoms with van der Waals surface area (Å²) in [5.74, 6) is -1.20. The number of hydrogen-bond acceptors (Lipinski definition) is 4. The fourth-order valence-corrected chi connectivity index (χ4v) is 2.10. The Morgan fingerprint density at radius 2 is 2.11 bits per heavy atom. The summed E-state index contributed by atoms with van der Waals surface area (Å²) in [7, 11) is -3.97. The van der Waals surface area contributed by atoms with E-state index in [4.69, 9.17) is 10.2 Å². The van der Waals surface area contributed by atoms with Gasteiger partial charge in [-0.3, -0.25) is 0 Å². The molecule has 0 bridgehead atoms. The number of carboxylic acids is 1. The molecule has 1 aromatic rings. The number of nitrogens with two attached hydrogens (primary N) is 1. The van der Waals surface area contributed by atoms with Crippen molar-refractivity contribution in [1.29, 1.82) is 0 Å². The van der Waals surface area contributed by atoms with Crippen LogP contribution < -0.4 is 10.5 Å². The molecule has 0 saturated heterocycles. The maximum Gasteiger partial charge on any atom is 0.335 e. The summed E-state index contributed by atoms with van der Waals surface area (Å²) < 4.78 is 22.9. The zero-order chi connectivity index (χ0) is 13.9. The van der Waals surface area contributed by atoms with E-state index >= 15 is 0 Å². The zero-order valence-corrected chi connectivity index (χ0v) is 11.0. The van der Waals surface area contributed by atoms with Gasteiger partial charge in [0.25, 0.3) is 0 Å². The van der Waals surface area contributed by atoms with Crippen molar-refractivity contribution in [2.75, 3.05) is 5.32 Å². The van der Waals surface area contributed by atoms with Crippen LogP contribution in [0.5, 0.6) is 0 Å². The lowest BCUT2D eigenvalue weighted by Crippen LogP contribution is -2.20. The van der Waals surface area contributed by atoms with Crippen molar-refractivity contribution >= 4 is 21.7 Å². The molecule has 0 aromatic heterocycles. The number of benzene rings is 1. The first kappa shape index (κ1) is 14.5. The maximum absolute atomic E-state index is 11.4. The van der Waals surface area contributed by atoms with Crippen LogP contribution >= 0.6 is 0 Å². The highest BCUT2D eigenvalue weighted by atomic mass is 32.2. The molecule has 0 aliphatic heterocycles. The zero-order valence-electron chi connectivity index (χ0n) is 10.2. The molecule has 0 aliphatic carbocycles. The lowest BCUT2D eigenvalue weighted by atomic mass is 10.2. The summed E-state index contributed by atoms with van der Waals surface area (Å²) in [6.07, 6.45) is 0.796. The van der Waals surface area contributed by atoms with Crippen molar-refractivity contribution < 1.29 is 18.3 Å². The third kappa shape index (κ3) is 3.44. The van der Waals surface area contributed by atoms with Gasteiger partial charge in [0.2, 0.25) is 10.0 Å². The number of carboxylic acid groups (broad SMARTS) is 1. The summed E-state index contributed by atoms with van der Waals surface area (Å²) in [5.41, 5.74) is 0.200. The van der Waals surface area contributed by atoms with E-state index in [9.17, 15) is 13.2 Å². The van der Waals surface area contributed by atoms with Gasteiger partial charge in [0.05, 0.1) is 11.3 Å². The second-order valence-corrected chi connectivity index (χ2v) is 5.54. The van der Waals surface area contributed by atoms with E-state index in [2.05, 4.69) is 5.32 Å². The predicted molar refractivity (Wildman–Crippen MR) is 68.2 cm³/mol. The topological polar surface area (TPSA) is 109 Å². The number of sulfonamides is 1. The van der Waals surface area contributed by atoms with Crippen molar-refractivity contribution in [2.45, 2.75) is 31.2 Å². The number of carbonyl (C=O) groups is 1. The lowest BCUT2D eigenvalue weighted by Gasteiger charge is -2.16. The highest BCUT2D eigenvalue weighted by Crippen LogP contribution is 2.23. The molecule has 0 saturated carbocycles. The Hall–Kier alpha value is -1.60. The second kappa shape index (κ2) is 5.36. The first-order valence-corrected chi connectivity index (χ1v) is 6.97. The van der Waals surface area contributed by atoms with E-state index in [1.807, 2.05) is 13.8 Å². The second-order valence-electron chi connectivity index (χ2n) is 4.01. The van der Waals surface area contributed by atoms with E-state index < -0.39 is 16.0 Å². The molecule has 0 spiro atoms. The van der Waals surface area contributed by atoms with Crippen LogP contribution in [0.2, 0.25) is 0 Å².